The molecular weight excluding hydrogens is 540 g/mol. The summed E-state index contributed by atoms with van der Waals surface area (Å²) in [6, 6.07) is 30.5. The summed E-state index contributed by atoms with van der Waals surface area (Å²) in [5, 5.41) is 13.9. The Hall–Kier alpha value is -2.09. The fourth-order valence-electron chi connectivity index (χ4n) is 4.00. The van der Waals surface area contributed by atoms with Gasteiger partial charge in [0.05, 0.1) is 10.8 Å². The minimum atomic E-state index is -0.893. The number of carbonyl (C=O) groups excluding carboxylic acids is 1. The second-order valence-electron chi connectivity index (χ2n) is 9.72. The molecule has 1 amide bonds. The summed E-state index contributed by atoms with van der Waals surface area (Å²) in [4.78, 5) is 14.4. The standard InChI is InChI=1S/C29H36N2O3S.3CH3.Ti/c1-28(2,3)34-27(33)30-25(26(32)31(4)5)21-35-29(22-15-9-6-10-16-22,23-17-11-7-12-18-23)24-19-13-8-14-20-24;;;;/h6-20,25-26,32H,21H2,1-5H3,(H,30,33);3*1H3;/q;3*-1;+3. The Labute approximate surface area is 256 Å². The minimum absolute atomic E-state index is 0. The van der Waals surface area contributed by atoms with E-state index < -0.39 is 28.7 Å². The van der Waals surface area contributed by atoms with Crippen LogP contribution in [0.5, 0.6) is 0 Å². The van der Waals surface area contributed by atoms with E-state index in [4.69, 9.17) is 4.74 Å². The van der Waals surface area contributed by atoms with Crippen LogP contribution in [0.1, 0.15) is 37.5 Å². The van der Waals surface area contributed by atoms with E-state index in [2.05, 4.69) is 41.7 Å². The van der Waals surface area contributed by atoms with Crippen molar-refractivity contribution in [2.75, 3.05) is 19.8 Å². The first-order valence-electron chi connectivity index (χ1n) is 11.8. The quantitative estimate of drug-likeness (QED) is 0.125. The average Bonchev–Trinajstić information content (AvgIpc) is 2.84. The molecule has 0 bridgehead atoms. The molecule has 0 aliphatic heterocycles. The number of aliphatic hydroxyl groups excluding tert-OH is 1. The summed E-state index contributed by atoms with van der Waals surface area (Å²) >= 11 is 1.69. The van der Waals surface area contributed by atoms with E-state index in [-0.39, 0.29) is 44.0 Å². The van der Waals surface area contributed by atoms with Gasteiger partial charge in [-0.25, -0.2) is 4.79 Å². The number of hydrogen-bond donors (Lipinski definition) is 2. The van der Waals surface area contributed by atoms with Gasteiger partial charge in [0, 0.05) is 5.75 Å². The first-order valence-corrected chi connectivity index (χ1v) is 12.8. The van der Waals surface area contributed by atoms with Crippen molar-refractivity contribution in [3.05, 3.63) is 130 Å². The summed E-state index contributed by atoms with van der Waals surface area (Å²) in [6.07, 6.45) is -1.44. The second kappa shape index (κ2) is 17.6. The molecule has 0 aromatic heterocycles. The number of carbonyl (C=O) groups is 1. The molecule has 2 atom stereocenters. The number of nitrogens with zero attached hydrogens (tertiary/aromatic N) is 1. The first-order chi connectivity index (χ1) is 16.6. The molecular formula is C32H45N2O3STi. The molecule has 0 fully saturated rings. The SMILES string of the molecule is CN(C)C(O)C(CSC(c1ccccc1)(c1ccccc1)c1ccccc1)NC(=O)OC(C)(C)C.[CH3-].[CH3-].[CH3-].[Ti+3]. The third-order valence-corrected chi connectivity index (χ3v) is 7.28. The number of alkyl carbamates (subject to hydrolysis) is 1. The number of hydrogen-bond acceptors (Lipinski definition) is 5. The minimum Gasteiger partial charge on any atom is -0.444 e. The molecule has 2 unspecified atom stereocenters. The summed E-state index contributed by atoms with van der Waals surface area (Å²) in [6.45, 7) is 5.47. The van der Waals surface area contributed by atoms with Crippen LogP contribution in [0.4, 0.5) is 4.79 Å². The van der Waals surface area contributed by atoms with Crippen LogP contribution in [0.3, 0.4) is 0 Å². The molecule has 3 aromatic carbocycles. The van der Waals surface area contributed by atoms with E-state index in [0.29, 0.717) is 5.75 Å². The predicted octanol–water partition coefficient (Wildman–Crippen LogP) is 6.83. The maximum Gasteiger partial charge on any atom is 3.00 e. The van der Waals surface area contributed by atoms with Crippen LogP contribution in [0.25, 0.3) is 0 Å². The Morgan fingerprint density at radius 1 is 0.821 bits per heavy atom. The number of rotatable bonds is 9. The van der Waals surface area contributed by atoms with Gasteiger partial charge in [0.25, 0.3) is 0 Å². The van der Waals surface area contributed by atoms with Crippen molar-refractivity contribution in [2.45, 2.75) is 43.4 Å². The first kappa shape index (κ1) is 39.1. The molecule has 2 N–H and O–H groups in total. The van der Waals surface area contributed by atoms with E-state index >= 15 is 0 Å². The van der Waals surface area contributed by atoms with Crippen LogP contribution in [-0.2, 0) is 31.2 Å². The Balaban J connectivity index is 0. The largest absolute Gasteiger partial charge is 3.00 e. The maximum absolute atomic E-state index is 12.7. The third-order valence-electron chi connectivity index (χ3n) is 5.61. The number of aliphatic hydroxyl groups is 1. The molecule has 0 saturated heterocycles. The van der Waals surface area contributed by atoms with Crippen molar-refractivity contribution in [1.29, 1.82) is 0 Å². The predicted molar refractivity (Wildman–Crippen MR) is 164 cm³/mol. The molecule has 0 saturated carbocycles. The zero-order valence-electron chi connectivity index (χ0n) is 24.6. The zero-order valence-corrected chi connectivity index (χ0v) is 27.0. The van der Waals surface area contributed by atoms with Crippen molar-refractivity contribution in [3.8, 4) is 0 Å². The number of likely N-dealkylation sites (N-methyl/N-ethyl adjacent to an activating group) is 1. The molecule has 3 rings (SSSR count). The van der Waals surface area contributed by atoms with Gasteiger partial charge in [-0.1, -0.05) is 91.0 Å². The van der Waals surface area contributed by atoms with Gasteiger partial charge < -0.3 is 37.4 Å². The number of benzene rings is 3. The van der Waals surface area contributed by atoms with Crippen LogP contribution in [0.15, 0.2) is 91.0 Å². The van der Waals surface area contributed by atoms with Gasteiger partial charge in [0.1, 0.15) is 11.8 Å². The summed E-state index contributed by atoms with van der Waals surface area (Å²) < 4.78 is 4.94. The van der Waals surface area contributed by atoms with E-state index in [9.17, 15) is 9.90 Å². The Morgan fingerprint density at radius 3 is 1.49 bits per heavy atom. The zero-order chi connectivity index (χ0) is 25.5. The number of thioether (sulfide) groups is 1. The van der Waals surface area contributed by atoms with E-state index in [0.717, 1.165) is 16.7 Å². The molecule has 0 aliphatic rings. The summed E-state index contributed by atoms with van der Waals surface area (Å²) in [5.41, 5.74) is 2.74. The summed E-state index contributed by atoms with van der Waals surface area (Å²) in [5.74, 6) is 0.442. The molecule has 211 valence electrons. The van der Waals surface area contributed by atoms with Crippen LogP contribution in [-0.4, -0.2) is 53.8 Å². The van der Waals surface area contributed by atoms with Crippen LogP contribution in [0, 0.1) is 22.3 Å². The Bertz CT molecular complexity index is 964. The number of amides is 1. The molecule has 1 radical (unpaired) electrons. The van der Waals surface area contributed by atoms with Gasteiger partial charge in [0.15, 0.2) is 0 Å². The van der Waals surface area contributed by atoms with E-state index in [1.165, 1.54) is 0 Å². The fraction of sp³-hybridized carbons (Fsp3) is 0.312. The molecule has 39 heavy (non-hydrogen) atoms. The van der Waals surface area contributed by atoms with Crippen LogP contribution < -0.4 is 5.32 Å². The Morgan fingerprint density at radius 2 is 1.18 bits per heavy atom. The van der Waals surface area contributed by atoms with Gasteiger partial charge >= 0.3 is 27.8 Å². The van der Waals surface area contributed by atoms with Gasteiger partial charge in [-0.05, 0) is 51.6 Å². The van der Waals surface area contributed by atoms with Crippen molar-refractivity contribution in [3.63, 3.8) is 0 Å². The molecule has 0 aliphatic carbocycles. The van der Waals surface area contributed by atoms with Gasteiger partial charge in [-0.2, -0.15) is 0 Å². The molecule has 3 aromatic rings. The molecule has 0 spiro atoms. The van der Waals surface area contributed by atoms with Gasteiger partial charge in [-0.15, -0.1) is 11.8 Å². The molecule has 5 nitrogen and oxygen atoms in total. The van der Waals surface area contributed by atoms with Crippen LogP contribution in [0.2, 0.25) is 0 Å². The smallest absolute Gasteiger partial charge is 0.444 e. The molecule has 7 heteroatoms. The van der Waals surface area contributed by atoms with Crippen molar-refractivity contribution in [2.24, 2.45) is 0 Å². The Kier molecular flexibility index (Phi) is 17.6. The van der Waals surface area contributed by atoms with Gasteiger partial charge in [-0.3, -0.25) is 4.90 Å². The van der Waals surface area contributed by atoms with Crippen molar-refractivity contribution < 1.29 is 36.4 Å². The average molecular weight is 586 g/mol. The topological polar surface area (TPSA) is 61.8 Å². The van der Waals surface area contributed by atoms with Crippen LogP contribution >= 0.6 is 11.8 Å². The number of ether oxygens (including phenoxy) is 1. The second-order valence-corrected chi connectivity index (χ2v) is 11.0. The van der Waals surface area contributed by atoms with E-state index in [1.54, 1.807) is 30.8 Å². The monoisotopic (exact) mass is 585 g/mol. The summed E-state index contributed by atoms with van der Waals surface area (Å²) in [7, 11) is 3.58. The van der Waals surface area contributed by atoms with Crippen molar-refractivity contribution >= 4 is 17.9 Å². The molecule has 0 heterocycles. The van der Waals surface area contributed by atoms with Gasteiger partial charge in [0.2, 0.25) is 0 Å². The number of nitrogens with one attached hydrogen (secondary N) is 1. The normalized spacial score (nSPS) is 12.4. The fourth-order valence-corrected chi connectivity index (χ4v) is 5.60. The maximum atomic E-state index is 12.7. The van der Waals surface area contributed by atoms with Crippen molar-refractivity contribution in [1.82, 2.24) is 10.2 Å². The third kappa shape index (κ3) is 10.4. The van der Waals surface area contributed by atoms with E-state index in [1.807, 2.05) is 75.4 Å².